The van der Waals surface area contributed by atoms with Gasteiger partial charge in [-0.3, -0.25) is 4.79 Å². The quantitative estimate of drug-likeness (QED) is 0.796. The van der Waals surface area contributed by atoms with Gasteiger partial charge in [-0.2, -0.15) is 0 Å². The number of hydrogen-bond acceptors (Lipinski definition) is 3. The molecule has 1 aromatic rings. The molecule has 1 aromatic carbocycles. The summed E-state index contributed by atoms with van der Waals surface area (Å²) in [4.78, 5) is 10.7. The molecule has 0 aromatic heterocycles. The van der Waals surface area contributed by atoms with Crippen LogP contribution in [0.25, 0.3) is 0 Å². The molecule has 0 radical (unpaired) electrons. The number of hydrogen-bond donors (Lipinski definition) is 1. The minimum atomic E-state index is -0.622. The average molecular weight is 209 g/mol. The molecule has 15 heavy (non-hydrogen) atoms. The number of amides is 1. The molecule has 0 spiro atoms. The molecule has 1 atom stereocenters. The molecule has 0 heterocycles. The van der Waals surface area contributed by atoms with Crippen LogP contribution in [0.15, 0.2) is 24.3 Å². The van der Waals surface area contributed by atoms with Crippen molar-refractivity contribution in [2.45, 2.75) is 20.0 Å². The lowest BCUT2D eigenvalue weighted by molar-refractivity contribution is -0.123. The van der Waals surface area contributed by atoms with Crippen LogP contribution in [-0.4, -0.2) is 18.6 Å². The third-order valence-electron chi connectivity index (χ3n) is 1.85. The summed E-state index contributed by atoms with van der Waals surface area (Å²) in [5.41, 5.74) is 5.07. The second-order valence-corrected chi connectivity index (χ2v) is 3.07. The highest BCUT2D eigenvalue weighted by Gasteiger charge is 2.09. The summed E-state index contributed by atoms with van der Waals surface area (Å²) in [7, 11) is 0. The molecule has 0 fully saturated rings. The number of nitrogens with two attached hydrogens (primary N) is 1. The lowest BCUT2D eigenvalue weighted by Gasteiger charge is -2.11. The Morgan fingerprint density at radius 1 is 1.33 bits per heavy atom. The number of ether oxygens (including phenoxy) is 2. The molecule has 4 nitrogen and oxygen atoms in total. The molecule has 2 N–H and O–H groups in total. The van der Waals surface area contributed by atoms with E-state index in [1.807, 2.05) is 6.92 Å². The molecule has 4 heteroatoms. The van der Waals surface area contributed by atoms with Crippen molar-refractivity contribution in [2.24, 2.45) is 5.73 Å². The first-order valence-electron chi connectivity index (χ1n) is 4.82. The number of rotatable bonds is 5. The van der Waals surface area contributed by atoms with E-state index in [1.165, 1.54) is 0 Å². The van der Waals surface area contributed by atoms with E-state index in [0.717, 1.165) is 5.75 Å². The third kappa shape index (κ3) is 3.50. The van der Waals surface area contributed by atoms with Crippen LogP contribution < -0.4 is 15.2 Å². The van der Waals surface area contributed by atoms with Gasteiger partial charge in [0.25, 0.3) is 5.91 Å². The van der Waals surface area contributed by atoms with Gasteiger partial charge in [0.05, 0.1) is 6.61 Å². The van der Waals surface area contributed by atoms with Crippen molar-refractivity contribution in [1.82, 2.24) is 0 Å². The van der Waals surface area contributed by atoms with E-state index in [0.29, 0.717) is 12.4 Å². The van der Waals surface area contributed by atoms with Gasteiger partial charge >= 0.3 is 0 Å². The summed E-state index contributed by atoms with van der Waals surface area (Å²) in [5.74, 6) is 0.894. The van der Waals surface area contributed by atoms with Crippen molar-refractivity contribution in [3.63, 3.8) is 0 Å². The van der Waals surface area contributed by atoms with Crippen LogP contribution in [0.5, 0.6) is 11.5 Å². The predicted octanol–water partition coefficient (Wildman–Crippen LogP) is 1.34. The van der Waals surface area contributed by atoms with Crippen LogP contribution in [0.1, 0.15) is 13.8 Å². The van der Waals surface area contributed by atoms with Gasteiger partial charge < -0.3 is 15.2 Å². The van der Waals surface area contributed by atoms with Crippen LogP contribution in [0.3, 0.4) is 0 Å². The number of primary amides is 1. The highest BCUT2D eigenvalue weighted by Crippen LogP contribution is 2.18. The monoisotopic (exact) mass is 209 g/mol. The number of benzene rings is 1. The molecule has 1 amide bonds. The maximum atomic E-state index is 10.7. The lowest BCUT2D eigenvalue weighted by Crippen LogP contribution is -2.30. The van der Waals surface area contributed by atoms with E-state index >= 15 is 0 Å². The fourth-order valence-electron chi connectivity index (χ4n) is 1.04. The van der Waals surface area contributed by atoms with E-state index in [-0.39, 0.29) is 0 Å². The fourth-order valence-corrected chi connectivity index (χ4v) is 1.04. The summed E-state index contributed by atoms with van der Waals surface area (Å²) >= 11 is 0. The van der Waals surface area contributed by atoms with E-state index in [2.05, 4.69) is 0 Å². The zero-order chi connectivity index (χ0) is 11.3. The maximum absolute atomic E-state index is 10.7. The van der Waals surface area contributed by atoms with E-state index in [1.54, 1.807) is 31.2 Å². The maximum Gasteiger partial charge on any atom is 0.258 e. The molecule has 0 aliphatic rings. The van der Waals surface area contributed by atoms with Gasteiger partial charge in [-0.15, -0.1) is 0 Å². The highest BCUT2D eigenvalue weighted by molar-refractivity contribution is 5.78. The summed E-state index contributed by atoms with van der Waals surface area (Å²) in [5, 5.41) is 0. The topological polar surface area (TPSA) is 61.6 Å². The van der Waals surface area contributed by atoms with E-state index in [9.17, 15) is 4.79 Å². The largest absolute Gasteiger partial charge is 0.494 e. The lowest BCUT2D eigenvalue weighted by atomic mass is 10.3. The molecule has 1 unspecified atom stereocenters. The Kier molecular flexibility index (Phi) is 3.97. The molecule has 0 bridgehead atoms. The van der Waals surface area contributed by atoms with Gasteiger partial charge in [0.1, 0.15) is 11.5 Å². The van der Waals surface area contributed by atoms with Crippen LogP contribution in [0, 0.1) is 0 Å². The zero-order valence-electron chi connectivity index (χ0n) is 8.90. The minimum absolute atomic E-state index is 0.483. The summed E-state index contributed by atoms with van der Waals surface area (Å²) in [6, 6.07) is 7.05. The standard InChI is InChI=1S/C11H15NO3/c1-3-14-9-4-6-10(7-5-9)15-8(2)11(12)13/h4-8H,3H2,1-2H3,(H2,12,13). The van der Waals surface area contributed by atoms with Gasteiger partial charge in [0, 0.05) is 0 Å². The van der Waals surface area contributed by atoms with Gasteiger partial charge in [-0.05, 0) is 38.1 Å². The summed E-state index contributed by atoms with van der Waals surface area (Å²) in [6.07, 6.45) is -0.622. The average Bonchev–Trinajstić information content (AvgIpc) is 2.21. The second kappa shape index (κ2) is 5.24. The smallest absolute Gasteiger partial charge is 0.258 e. The third-order valence-corrected chi connectivity index (χ3v) is 1.85. The van der Waals surface area contributed by atoms with Crippen molar-refractivity contribution in [1.29, 1.82) is 0 Å². The Bertz CT molecular complexity index is 321. The van der Waals surface area contributed by atoms with Gasteiger partial charge in [0.15, 0.2) is 6.10 Å². The van der Waals surface area contributed by atoms with Crippen LogP contribution in [-0.2, 0) is 4.79 Å². The Labute approximate surface area is 89.0 Å². The summed E-state index contributed by atoms with van der Waals surface area (Å²) < 4.78 is 10.5. The molecule has 0 aliphatic carbocycles. The first-order chi connectivity index (χ1) is 7.13. The van der Waals surface area contributed by atoms with Gasteiger partial charge in [0.2, 0.25) is 0 Å². The Morgan fingerprint density at radius 2 is 1.87 bits per heavy atom. The Balaban J connectivity index is 2.60. The highest BCUT2D eigenvalue weighted by atomic mass is 16.5. The SMILES string of the molecule is CCOc1ccc(OC(C)C(N)=O)cc1. The van der Waals surface area contributed by atoms with Crippen LogP contribution in [0.2, 0.25) is 0 Å². The molecular formula is C11H15NO3. The van der Waals surface area contributed by atoms with Crippen molar-refractivity contribution in [2.75, 3.05) is 6.61 Å². The van der Waals surface area contributed by atoms with Crippen molar-refractivity contribution in [3.05, 3.63) is 24.3 Å². The first-order valence-corrected chi connectivity index (χ1v) is 4.82. The Morgan fingerprint density at radius 3 is 2.33 bits per heavy atom. The van der Waals surface area contributed by atoms with Gasteiger partial charge in [-0.25, -0.2) is 0 Å². The van der Waals surface area contributed by atoms with Crippen molar-refractivity contribution < 1.29 is 14.3 Å². The van der Waals surface area contributed by atoms with E-state index < -0.39 is 12.0 Å². The molecule has 0 saturated carbocycles. The van der Waals surface area contributed by atoms with Crippen molar-refractivity contribution >= 4 is 5.91 Å². The van der Waals surface area contributed by atoms with Gasteiger partial charge in [-0.1, -0.05) is 0 Å². The number of carbonyl (C=O) groups excluding carboxylic acids is 1. The van der Waals surface area contributed by atoms with Crippen molar-refractivity contribution in [3.8, 4) is 11.5 Å². The second-order valence-electron chi connectivity index (χ2n) is 3.07. The molecule has 1 rings (SSSR count). The predicted molar refractivity (Wildman–Crippen MR) is 56.9 cm³/mol. The minimum Gasteiger partial charge on any atom is -0.494 e. The Hall–Kier alpha value is -1.71. The van der Waals surface area contributed by atoms with E-state index in [4.69, 9.17) is 15.2 Å². The first kappa shape index (κ1) is 11.4. The summed E-state index contributed by atoms with van der Waals surface area (Å²) in [6.45, 7) is 4.15. The zero-order valence-corrected chi connectivity index (χ0v) is 8.90. The fraction of sp³-hybridized carbons (Fsp3) is 0.364. The number of carbonyl (C=O) groups is 1. The normalized spacial score (nSPS) is 11.9. The molecule has 82 valence electrons. The van der Waals surface area contributed by atoms with Crippen LogP contribution in [0.4, 0.5) is 0 Å². The molecule has 0 aliphatic heterocycles. The molecular weight excluding hydrogens is 194 g/mol. The molecule has 0 saturated heterocycles. The van der Waals surface area contributed by atoms with Crippen LogP contribution >= 0.6 is 0 Å².